The molecule has 114 valence electrons. The lowest BCUT2D eigenvalue weighted by Crippen LogP contribution is -2.52. The lowest BCUT2D eigenvalue weighted by molar-refractivity contribution is 0.378. The van der Waals surface area contributed by atoms with Gasteiger partial charge in [-0.2, -0.15) is 9.57 Å². The molecule has 0 spiro atoms. The molecule has 0 unspecified atom stereocenters. The summed E-state index contributed by atoms with van der Waals surface area (Å²) in [5.41, 5.74) is 0.0592. The molecule has 21 heavy (non-hydrogen) atoms. The van der Waals surface area contributed by atoms with Gasteiger partial charge in [0.25, 0.3) is 0 Å². The molecule has 8 heteroatoms. The van der Waals surface area contributed by atoms with Crippen molar-refractivity contribution in [2.45, 2.75) is 23.5 Å². The molecule has 1 aromatic carbocycles. The minimum Gasteiger partial charge on any atom is -0.259 e. The van der Waals surface area contributed by atoms with E-state index in [0.29, 0.717) is 0 Å². The Bertz CT molecular complexity index is 738. The minimum absolute atomic E-state index is 0.0592. The van der Waals surface area contributed by atoms with Gasteiger partial charge in [-0.1, -0.05) is 11.6 Å². The van der Waals surface area contributed by atoms with E-state index in [1.54, 1.807) is 13.8 Å². The van der Waals surface area contributed by atoms with Gasteiger partial charge in [-0.3, -0.25) is 4.21 Å². The van der Waals surface area contributed by atoms with Gasteiger partial charge in [-0.25, -0.2) is 8.42 Å². The van der Waals surface area contributed by atoms with Crippen LogP contribution in [-0.2, 0) is 20.8 Å². The van der Waals surface area contributed by atoms with Crippen LogP contribution in [0, 0.1) is 11.3 Å². The highest BCUT2D eigenvalue weighted by molar-refractivity contribution is 7.90. The number of halogens is 1. The van der Waals surface area contributed by atoms with Gasteiger partial charge in [-0.15, -0.1) is 0 Å². The molecule has 0 amide bonds. The van der Waals surface area contributed by atoms with Crippen molar-refractivity contribution in [1.82, 2.24) is 4.31 Å². The van der Waals surface area contributed by atoms with E-state index in [9.17, 15) is 12.6 Å². The Morgan fingerprint density at radius 3 is 2.67 bits per heavy atom. The van der Waals surface area contributed by atoms with Crippen LogP contribution in [0.3, 0.4) is 0 Å². The molecule has 1 aromatic rings. The summed E-state index contributed by atoms with van der Waals surface area (Å²) in [6.07, 6.45) is 0. The fraction of sp³-hybridized carbons (Fsp3) is 0.462. The number of nitrogens with zero attached hydrogens (tertiary/aromatic N) is 2. The number of hydrogen-bond acceptors (Lipinski definition) is 4. The second kappa shape index (κ2) is 5.69. The number of benzene rings is 1. The first-order valence-corrected chi connectivity index (χ1v) is 9.40. The van der Waals surface area contributed by atoms with Gasteiger partial charge in [0, 0.05) is 34.7 Å². The van der Waals surface area contributed by atoms with E-state index in [2.05, 4.69) is 0 Å². The second-order valence-corrected chi connectivity index (χ2v) is 9.95. The summed E-state index contributed by atoms with van der Waals surface area (Å²) in [4.78, 5) is -0.0963. The molecule has 1 atom stereocenters. The van der Waals surface area contributed by atoms with Crippen LogP contribution in [0.1, 0.15) is 19.4 Å². The highest BCUT2D eigenvalue weighted by Gasteiger charge is 2.39. The highest BCUT2D eigenvalue weighted by atomic mass is 35.5. The van der Waals surface area contributed by atoms with Crippen molar-refractivity contribution in [2.75, 3.05) is 18.8 Å². The summed E-state index contributed by atoms with van der Waals surface area (Å²) in [7, 11) is -4.90. The van der Waals surface area contributed by atoms with Crippen LogP contribution in [-0.4, -0.2) is 40.5 Å². The molecule has 0 bridgehead atoms. The lowest BCUT2D eigenvalue weighted by Gasteiger charge is -2.36. The summed E-state index contributed by atoms with van der Waals surface area (Å²) in [6.45, 7) is 3.87. The van der Waals surface area contributed by atoms with E-state index in [1.807, 2.05) is 6.07 Å². The van der Waals surface area contributed by atoms with Crippen LogP contribution < -0.4 is 0 Å². The number of sulfonamides is 1. The van der Waals surface area contributed by atoms with E-state index in [4.69, 9.17) is 16.9 Å². The summed E-state index contributed by atoms with van der Waals surface area (Å²) in [6, 6.07) is 6.03. The minimum atomic E-state index is -3.83. The van der Waals surface area contributed by atoms with Gasteiger partial charge in [0.15, 0.2) is 0 Å². The van der Waals surface area contributed by atoms with E-state index in [1.165, 1.54) is 22.5 Å². The first-order chi connectivity index (χ1) is 9.68. The fourth-order valence-corrected chi connectivity index (χ4v) is 5.63. The molecule has 1 heterocycles. The lowest BCUT2D eigenvalue weighted by atomic mass is 10.2. The van der Waals surface area contributed by atoms with E-state index < -0.39 is 25.6 Å². The second-order valence-electron chi connectivity index (χ2n) is 5.40. The molecule has 0 N–H and O–H groups in total. The summed E-state index contributed by atoms with van der Waals surface area (Å²) < 4.78 is 38.0. The van der Waals surface area contributed by atoms with Crippen molar-refractivity contribution >= 4 is 32.4 Å². The molecule has 1 aliphatic rings. The van der Waals surface area contributed by atoms with Gasteiger partial charge in [0.1, 0.15) is 11.0 Å². The Labute approximate surface area is 132 Å². The van der Waals surface area contributed by atoms with E-state index in [0.717, 1.165) is 0 Å². The van der Waals surface area contributed by atoms with Crippen molar-refractivity contribution in [3.63, 3.8) is 0 Å². The quantitative estimate of drug-likeness (QED) is 0.817. The first-order valence-electron chi connectivity index (χ1n) is 6.27. The molecule has 1 fully saturated rings. The molecule has 1 aliphatic heterocycles. The highest BCUT2D eigenvalue weighted by Crippen LogP contribution is 2.28. The van der Waals surface area contributed by atoms with Crippen molar-refractivity contribution in [3.8, 4) is 6.07 Å². The molecular formula is C13H15ClN2O3S2. The summed E-state index contributed by atoms with van der Waals surface area (Å²) in [5, 5.41) is 9.35. The van der Waals surface area contributed by atoms with Crippen LogP contribution in [0.2, 0.25) is 5.02 Å². The molecule has 0 saturated carbocycles. The van der Waals surface area contributed by atoms with E-state index >= 15 is 0 Å². The van der Waals surface area contributed by atoms with Gasteiger partial charge < -0.3 is 0 Å². The largest absolute Gasteiger partial charge is 0.259 e. The third kappa shape index (κ3) is 3.14. The zero-order valence-electron chi connectivity index (χ0n) is 11.7. The maximum atomic E-state index is 12.7. The van der Waals surface area contributed by atoms with Crippen molar-refractivity contribution in [2.24, 2.45) is 0 Å². The Balaban J connectivity index is 2.47. The zero-order valence-corrected chi connectivity index (χ0v) is 14.1. The molecule has 1 saturated heterocycles. The smallest absolute Gasteiger partial charge is 0.244 e. The van der Waals surface area contributed by atoms with E-state index in [-0.39, 0.29) is 34.3 Å². The van der Waals surface area contributed by atoms with Crippen LogP contribution in [0.25, 0.3) is 0 Å². The maximum absolute atomic E-state index is 12.7. The molecule has 0 radical (unpaired) electrons. The summed E-state index contributed by atoms with van der Waals surface area (Å²) >= 11 is 5.86. The molecule has 0 aliphatic carbocycles. The van der Waals surface area contributed by atoms with Gasteiger partial charge in [0.2, 0.25) is 10.0 Å². The zero-order chi connectivity index (χ0) is 15.8. The third-order valence-electron chi connectivity index (χ3n) is 3.38. The van der Waals surface area contributed by atoms with Crippen molar-refractivity contribution < 1.29 is 12.6 Å². The van der Waals surface area contributed by atoms with Crippen molar-refractivity contribution in [3.05, 3.63) is 28.8 Å². The van der Waals surface area contributed by atoms with Crippen LogP contribution >= 0.6 is 11.6 Å². The molecular weight excluding hydrogens is 332 g/mol. The predicted octanol–water partition coefficient (Wildman–Crippen LogP) is 1.74. The number of nitriles is 1. The van der Waals surface area contributed by atoms with Crippen LogP contribution in [0.5, 0.6) is 0 Å². The Kier molecular flexibility index (Phi) is 4.45. The average molecular weight is 347 g/mol. The monoisotopic (exact) mass is 346 g/mol. The van der Waals surface area contributed by atoms with Crippen molar-refractivity contribution in [1.29, 1.82) is 5.26 Å². The Morgan fingerprint density at radius 2 is 2.10 bits per heavy atom. The van der Waals surface area contributed by atoms with Gasteiger partial charge in [-0.05, 0) is 32.0 Å². The average Bonchev–Trinajstić information content (AvgIpc) is 2.41. The SMILES string of the molecule is CC1(C)CN(S(=O)(=O)c2cc(Cl)ccc2C#N)CC[S@]1=O. The summed E-state index contributed by atoms with van der Waals surface area (Å²) in [5.74, 6) is 0.286. The fourth-order valence-electron chi connectivity index (χ4n) is 2.18. The third-order valence-corrected chi connectivity index (χ3v) is 7.42. The van der Waals surface area contributed by atoms with Gasteiger partial charge in [0.05, 0.1) is 10.3 Å². The topological polar surface area (TPSA) is 78.2 Å². The number of rotatable bonds is 2. The Hall–Kier alpha value is -0.940. The Morgan fingerprint density at radius 1 is 1.43 bits per heavy atom. The standard InChI is InChI=1S/C13H15ClN2O3S2/c1-13(2)9-16(5-6-20(13)17)21(18,19)12-7-11(14)4-3-10(12)8-15/h3-4,7H,5-6,9H2,1-2H3/t20-/m1/s1. The molecule has 2 rings (SSSR count). The van der Waals surface area contributed by atoms with Crippen LogP contribution in [0.15, 0.2) is 23.1 Å². The molecule has 0 aromatic heterocycles. The molecule has 5 nitrogen and oxygen atoms in total. The number of hydrogen-bond donors (Lipinski definition) is 0. The first kappa shape index (κ1) is 16.4. The van der Waals surface area contributed by atoms with Crippen LogP contribution in [0.4, 0.5) is 0 Å². The van der Waals surface area contributed by atoms with Gasteiger partial charge >= 0.3 is 0 Å². The predicted molar refractivity (Wildman–Crippen MR) is 82.0 cm³/mol. The maximum Gasteiger partial charge on any atom is 0.244 e. The normalized spacial score (nSPS) is 22.7.